The maximum atomic E-state index is 12.3. The largest absolute Gasteiger partial charge is 0.497 e. The Balaban J connectivity index is 1.63. The van der Waals surface area contributed by atoms with E-state index < -0.39 is 11.6 Å². The highest BCUT2D eigenvalue weighted by Gasteiger charge is 2.25. The van der Waals surface area contributed by atoms with E-state index in [0.717, 1.165) is 11.8 Å². The van der Waals surface area contributed by atoms with Crippen LogP contribution in [0.3, 0.4) is 0 Å². The molecule has 0 bridgehead atoms. The van der Waals surface area contributed by atoms with Crippen molar-refractivity contribution in [2.45, 2.75) is 11.9 Å². The number of carbonyl (C=O) groups excluding carboxylic acids is 2. The van der Waals surface area contributed by atoms with Crippen LogP contribution in [0.5, 0.6) is 5.75 Å². The van der Waals surface area contributed by atoms with E-state index in [9.17, 15) is 14.4 Å². The lowest BCUT2D eigenvalue weighted by Gasteiger charge is -2.05. The Morgan fingerprint density at radius 1 is 1.13 bits per heavy atom. The summed E-state index contributed by atoms with van der Waals surface area (Å²) in [5, 5.41) is 5.47. The number of thioether (sulfide) groups is 1. The number of ether oxygens (including phenoxy) is 2. The molecule has 3 rings (SSSR count). The van der Waals surface area contributed by atoms with Crippen LogP contribution in [0.2, 0.25) is 0 Å². The summed E-state index contributed by atoms with van der Waals surface area (Å²) in [4.78, 5) is 36.0. The van der Waals surface area contributed by atoms with Crippen molar-refractivity contribution in [2.75, 3.05) is 24.8 Å². The maximum Gasteiger partial charge on any atom is 0.442 e. The Bertz CT molecular complexity index is 1070. The zero-order valence-electron chi connectivity index (χ0n) is 16.3. The van der Waals surface area contributed by atoms with Crippen molar-refractivity contribution >= 4 is 29.3 Å². The van der Waals surface area contributed by atoms with E-state index in [-0.39, 0.29) is 23.3 Å². The van der Waals surface area contributed by atoms with E-state index in [4.69, 9.17) is 14.0 Å². The van der Waals surface area contributed by atoms with Crippen LogP contribution in [0.4, 0.5) is 5.69 Å². The summed E-state index contributed by atoms with van der Waals surface area (Å²) in [6, 6.07) is 13.3. The van der Waals surface area contributed by atoms with Crippen LogP contribution in [-0.4, -0.2) is 36.6 Å². The summed E-state index contributed by atoms with van der Waals surface area (Å²) in [6.07, 6.45) is 0. The number of rotatable bonds is 8. The lowest BCUT2D eigenvalue weighted by molar-refractivity contribution is -0.704. The number of nitrogens with one attached hydrogen (secondary N) is 2. The first-order chi connectivity index (χ1) is 14.5. The summed E-state index contributed by atoms with van der Waals surface area (Å²) in [7, 11) is 1.56. The third-order valence-corrected chi connectivity index (χ3v) is 4.99. The SMILES string of the molecule is CCOC(=O)c1ccc(NC(=O)CSc2c(=O)o[nH][n+]2-c2ccc(OC)cc2)cc1. The minimum absolute atomic E-state index is 0.0155. The molecule has 0 aliphatic carbocycles. The molecule has 0 aliphatic heterocycles. The van der Waals surface area contributed by atoms with E-state index in [2.05, 4.69) is 10.6 Å². The van der Waals surface area contributed by atoms with Gasteiger partial charge in [-0.2, -0.15) is 0 Å². The van der Waals surface area contributed by atoms with Crippen LogP contribution in [-0.2, 0) is 9.53 Å². The molecule has 3 aromatic rings. The molecule has 1 heterocycles. The number of benzene rings is 2. The molecule has 2 aromatic carbocycles. The predicted octanol–water partition coefficient (Wildman–Crippen LogP) is 2.16. The molecule has 9 nitrogen and oxygen atoms in total. The fraction of sp³-hybridized carbons (Fsp3) is 0.200. The van der Waals surface area contributed by atoms with Gasteiger partial charge in [-0.25, -0.2) is 9.59 Å². The topological polar surface area (TPSA) is 115 Å². The summed E-state index contributed by atoms with van der Waals surface area (Å²) in [6.45, 7) is 2.02. The highest BCUT2D eigenvalue weighted by molar-refractivity contribution is 7.99. The van der Waals surface area contributed by atoms with Gasteiger partial charge >= 0.3 is 16.6 Å². The second-order valence-electron chi connectivity index (χ2n) is 5.95. The molecule has 0 fully saturated rings. The molecule has 30 heavy (non-hydrogen) atoms. The first-order valence-corrected chi connectivity index (χ1v) is 9.98. The number of hydrogen-bond donors (Lipinski definition) is 2. The van der Waals surface area contributed by atoms with Crippen LogP contribution < -0.4 is 20.4 Å². The monoisotopic (exact) mass is 430 g/mol. The van der Waals surface area contributed by atoms with E-state index in [1.54, 1.807) is 62.6 Å². The number of methoxy groups -OCH3 is 1. The average molecular weight is 430 g/mol. The predicted molar refractivity (Wildman–Crippen MR) is 109 cm³/mol. The molecule has 1 amide bonds. The summed E-state index contributed by atoms with van der Waals surface area (Å²) in [5.41, 5.74) is 0.994. The van der Waals surface area contributed by atoms with Gasteiger partial charge in [0.2, 0.25) is 11.6 Å². The number of anilines is 1. The Morgan fingerprint density at radius 3 is 2.47 bits per heavy atom. The highest BCUT2D eigenvalue weighted by Crippen LogP contribution is 2.16. The number of hydrogen-bond acceptors (Lipinski definition) is 7. The number of aromatic amines is 1. The van der Waals surface area contributed by atoms with Gasteiger partial charge in [0, 0.05) is 17.8 Å². The molecule has 0 saturated carbocycles. The van der Waals surface area contributed by atoms with E-state index in [1.165, 1.54) is 4.68 Å². The summed E-state index contributed by atoms with van der Waals surface area (Å²) < 4.78 is 16.4. The Hall–Kier alpha value is -3.53. The van der Waals surface area contributed by atoms with Crippen molar-refractivity contribution in [3.8, 4) is 11.4 Å². The fourth-order valence-electron chi connectivity index (χ4n) is 2.52. The maximum absolute atomic E-state index is 12.3. The van der Waals surface area contributed by atoms with Crippen molar-refractivity contribution in [2.24, 2.45) is 0 Å². The molecule has 0 saturated heterocycles. The molecular weight excluding hydrogens is 410 g/mol. The van der Waals surface area contributed by atoms with Crippen molar-refractivity contribution in [1.29, 1.82) is 0 Å². The number of amides is 1. The number of H-pyrrole nitrogens is 1. The Morgan fingerprint density at radius 2 is 1.83 bits per heavy atom. The van der Waals surface area contributed by atoms with Crippen LogP contribution in [0.15, 0.2) is 62.9 Å². The highest BCUT2D eigenvalue weighted by atomic mass is 32.2. The molecule has 0 spiro atoms. The number of esters is 1. The van der Waals surface area contributed by atoms with Gasteiger partial charge in [0.1, 0.15) is 5.75 Å². The first kappa shape index (κ1) is 21.2. The molecule has 0 radical (unpaired) electrons. The van der Waals surface area contributed by atoms with Crippen LogP contribution in [0.25, 0.3) is 5.69 Å². The Labute approximate surface area is 175 Å². The molecule has 10 heteroatoms. The number of aromatic nitrogens is 2. The minimum Gasteiger partial charge on any atom is -0.497 e. The summed E-state index contributed by atoms with van der Waals surface area (Å²) >= 11 is 1.04. The van der Waals surface area contributed by atoms with E-state index in [0.29, 0.717) is 22.7 Å². The van der Waals surface area contributed by atoms with Crippen LogP contribution >= 0.6 is 11.8 Å². The van der Waals surface area contributed by atoms with Crippen LogP contribution in [0.1, 0.15) is 17.3 Å². The molecule has 0 aliphatic rings. The van der Waals surface area contributed by atoms with Gasteiger partial charge in [-0.15, -0.1) is 0 Å². The standard InChI is InChI=1S/C20H19N3O6S/c1-3-28-19(25)13-4-6-14(7-5-13)21-17(24)12-30-18-20(26)29-22-23(18)15-8-10-16(27-2)11-9-15/h4-11H,3,12H2,1-2H3,(H-,21,22,24,25,26)/p+1. The van der Waals surface area contributed by atoms with Gasteiger partial charge in [-0.05, 0) is 65.0 Å². The van der Waals surface area contributed by atoms with Crippen LogP contribution in [0, 0.1) is 0 Å². The number of carbonyl (C=O) groups is 2. The van der Waals surface area contributed by atoms with Gasteiger partial charge in [0.25, 0.3) is 0 Å². The van der Waals surface area contributed by atoms with Crippen molar-refractivity contribution in [1.82, 2.24) is 5.27 Å². The molecule has 2 N–H and O–H groups in total. The van der Waals surface area contributed by atoms with Gasteiger partial charge < -0.3 is 14.8 Å². The van der Waals surface area contributed by atoms with Crippen molar-refractivity contribution < 1.29 is 28.3 Å². The minimum atomic E-state index is -0.581. The normalized spacial score (nSPS) is 10.5. The van der Waals surface area contributed by atoms with Gasteiger partial charge in [0.05, 0.1) is 25.0 Å². The first-order valence-electron chi connectivity index (χ1n) is 8.99. The molecule has 1 aromatic heterocycles. The van der Waals surface area contributed by atoms with E-state index in [1.807, 2.05) is 0 Å². The average Bonchev–Trinajstić information content (AvgIpc) is 3.13. The van der Waals surface area contributed by atoms with Gasteiger partial charge in [0.15, 0.2) is 0 Å². The molecule has 0 unspecified atom stereocenters. The van der Waals surface area contributed by atoms with Crippen molar-refractivity contribution in [3.63, 3.8) is 0 Å². The molecule has 0 atom stereocenters. The molecular formula is C20H20N3O6S+. The third-order valence-electron chi connectivity index (χ3n) is 3.96. The smallest absolute Gasteiger partial charge is 0.442 e. The second-order valence-corrected chi connectivity index (χ2v) is 6.92. The quantitative estimate of drug-likeness (QED) is 0.320. The molecule has 156 valence electrons. The summed E-state index contributed by atoms with van der Waals surface area (Å²) in [5.74, 6) is -0.0787. The second kappa shape index (κ2) is 9.79. The number of nitrogens with zero attached hydrogens (tertiary/aromatic N) is 1. The lowest BCUT2D eigenvalue weighted by atomic mass is 10.2. The lowest BCUT2D eigenvalue weighted by Crippen LogP contribution is -2.36. The fourth-order valence-corrected chi connectivity index (χ4v) is 3.29. The zero-order valence-corrected chi connectivity index (χ0v) is 17.2. The third kappa shape index (κ3) is 5.09. The van der Waals surface area contributed by atoms with E-state index >= 15 is 0 Å². The van der Waals surface area contributed by atoms with Gasteiger partial charge in [-0.3, -0.25) is 9.32 Å². The van der Waals surface area contributed by atoms with Crippen molar-refractivity contribution in [3.05, 3.63) is 64.5 Å². The Kier molecular flexibility index (Phi) is 6.91. The van der Waals surface area contributed by atoms with Gasteiger partial charge in [-0.1, -0.05) is 0 Å². The zero-order chi connectivity index (χ0) is 21.5.